The summed E-state index contributed by atoms with van der Waals surface area (Å²) in [5.41, 5.74) is 1.16. The van der Waals surface area contributed by atoms with Gasteiger partial charge in [0.15, 0.2) is 0 Å². The molecule has 2 heterocycles. The topological polar surface area (TPSA) is 57.3 Å². The van der Waals surface area contributed by atoms with E-state index in [1.54, 1.807) is 11.3 Å². The van der Waals surface area contributed by atoms with Crippen molar-refractivity contribution in [1.29, 1.82) is 0 Å². The van der Waals surface area contributed by atoms with Crippen molar-refractivity contribution in [1.82, 2.24) is 20.5 Å². The van der Waals surface area contributed by atoms with Crippen molar-refractivity contribution < 1.29 is 4.79 Å². The van der Waals surface area contributed by atoms with Gasteiger partial charge in [0.05, 0.1) is 10.7 Å². The molecule has 1 fully saturated rings. The van der Waals surface area contributed by atoms with Crippen LogP contribution in [0.5, 0.6) is 0 Å². The summed E-state index contributed by atoms with van der Waals surface area (Å²) in [5, 5.41) is 9.61. The third-order valence-corrected chi connectivity index (χ3v) is 4.86. The SMILES string of the molecule is CCCNCCNC(=O)C1CCN(Cc2csc(C)n2)CC1.Cl.Cl. The van der Waals surface area contributed by atoms with Crippen molar-refractivity contribution in [2.24, 2.45) is 5.92 Å². The molecule has 1 saturated heterocycles. The fraction of sp³-hybridized carbons (Fsp3) is 0.750. The van der Waals surface area contributed by atoms with Crippen molar-refractivity contribution in [3.8, 4) is 0 Å². The molecule has 0 atom stereocenters. The monoisotopic (exact) mass is 396 g/mol. The molecule has 24 heavy (non-hydrogen) atoms. The Hall–Kier alpha value is -0.400. The van der Waals surface area contributed by atoms with Gasteiger partial charge in [0.1, 0.15) is 0 Å². The lowest BCUT2D eigenvalue weighted by molar-refractivity contribution is -0.126. The fourth-order valence-corrected chi connectivity index (χ4v) is 3.39. The molecular weight excluding hydrogens is 367 g/mol. The Labute approximate surface area is 161 Å². The first-order chi connectivity index (χ1) is 10.7. The number of carbonyl (C=O) groups is 1. The molecule has 1 aromatic heterocycles. The van der Waals surface area contributed by atoms with Crippen LogP contribution in [-0.2, 0) is 11.3 Å². The highest BCUT2D eigenvalue weighted by molar-refractivity contribution is 7.09. The number of likely N-dealkylation sites (tertiary alicyclic amines) is 1. The van der Waals surface area contributed by atoms with Gasteiger partial charge in [-0.15, -0.1) is 36.2 Å². The molecule has 0 aromatic carbocycles. The van der Waals surface area contributed by atoms with Gasteiger partial charge in [-0.1, -0.05) is 6.92 Å². The van der Waals surface area contributed by atoms with E-state index in [2.05, 4.69) is 32.8 Å². The van der Waals surface area contributed by atoms with Crippen molar-refractivity contribution in [3.63, 3.8) is 0 Å². The quantitative estimate of drug-likeness (QED) is 0.663. The number of thiazole rings is 1. The number of rotatable bonds is 8. The number of carbonyl (C=O) groups excluding carboxylic acids is 1. The van der Waals surface area contributed by atoms with Crippen molar-refractivity contribution in [2.75, 3.05) is 32.7 Å². The molecule has 1 aromatic rings. The van der Waals surface area contributed by atoms with E-state index < -0.39 is 0 Å². The Morgan fingerprint density at radius 2 is 2.00 bits per heavy atom. The zero-order valence-electron chi connectivity index (χ0n) is 14.5. The molecule has 0 spiro atoms. The van der Waals surface area contributed by atoms with E-state index in [-0.39, 0.29) is 36.6 Å². The third-order valence-electron chi connectivity index (χ3n) is 4.04. The van der Waals surface area contributed by atoms with Crippen LogP contribution in [0.1, 0.15) is 36.9 Å². The number of halogens is 2. The van der Waals surface area contributed by atoms with Crippen LogP contribution in [0.3, 0.4) is 0 Å². The number of nitrogens with zero attached hydrogens (tertiary/aromatic N) is 2. The smallest absolute Gasteiger partial charge is 0.223 e. The highest BCUT2D eigenvalue weighted by Gasteiger charge is 2.24. The van der Waals surface area contributed by atoms with Gasteiger partial charge in [-0.3, -0.25) is 9.69 Å². The number of aryl methyl sites for hydroxylation is 1. The third kappa shape index (κ3) is 8.12. The molecule has 140 valence electrons. The van der Waals surface area contributed by atoms with Gasteiger partial charge in [-0.2, -0.15) is 0 Å². The van der Waals surface area contributed by atoms with E-state index in [4.69, 9.17) is 0 Å². The summed E-state index contributed by atoms with van der Waals surface area (Å²) in [7, 11) is 0. The molecule has 8 heteroatoms. The van der Waals surface area contributed by atoms with E-state index in [0.717, 1.165) is 69.2 Å². The van der Waals surface area contributed by atoms with Gasteiger partial charge in [0.2, 0.25) is 5.91 Å². The van der Waals surface area contributed by atoms with Crippen LogP contribution in [0.4, 0.5) is 0 Å². The summed E-state index contributed by atoms with van der Waals surface area (Å²) >= 11 is 1.71. The van der Waals surface area contributed by atoms with Gasteiger partial charge in [0.25, 0.3) is 0 Å². The van der Waals surface area contributed by atoms with Gasteiger partial charge < -0.3 is 10.6 Å². The number of amides is 1. The minimum atomic E-state index is 0. The number of hydrogen-bond donors (Lipinski definition) is 2. The zero-order chi connectivity index (χ0) is 15.8. The van der Waals surface area contributed by atoms with Crippen LogP contribution in [0.25, 0.3) is 0 Å². The molecule has 0 aliphatic carbocycles. The number of nitrogens with one attached hydrogen (secondary N) is 2. The molecule has 1 aliphatic rings. The number of aromatic nitrogens is 1. The van der Waals surface area contributed by atoms with Crippen LogP contribution in [0.2, 0.25) is 0 Å². The Kier molecular flexibility index (Phi) is 12.7. The maximum Gasteiger partial charge on any atom is 0.223 e. The predicted octanol–water partition coefficient (Wildman–Crippen LogP) is 2.62. The number of hydrogen-bond acceptors (Lipinski definition) is 5. The summed E-state index contributed by atoms with van der Waals surface area (Å²) in [4.78, 5) is 19.0. The summed E-state index contributed by atoms with van der Waals surface area (Å²) in [6, 6.07) is 0. The lowest BCUT2D eigenvalue weighted by atomic mass is 9.96. The second-order valence-corrected chi connectivity index (χ2v) is 7.01. The van der Waals surface area contributed by atoms with Crippen LogP contribution < -0.4 is 10.6 Å². The fourth-order valence-electron chi connectivity index (χ4n) is 2.78. The molecule has 5 nitrogen and oxygen atoms in total. The van der Waals surface area contributed by atoms with E-state index in [1.165, 1.54) is 0 Å². The van der Waals surface area contributed by atoms with E-state index in [0.29, 0.717) is 0 Å². The van der Waals surface area contributed by atoms with E-state index in [9.17, 15) is 4.79 Å². The lowest BCUT2D eigenvalue weighted by Crippen LogP contribution is -2.41. The molecule has 2 N–H and O–H groups in total. The Bertz CT molecular complexity index is 465. The maximum absolute atomic E-state index is 12.1. The molecule has 1 amide bonds. The van der Waals surface area contributed by atoms with E-state index >= 15 is 0 Å². The highest BCUT2D eigenvalue weighted by Crippen LogP contribution is 2.19. The second-order valence-electron chi connectivity index (χ2n) is 5.95. The first-order valence-corrected chi connectivity index (χ1v) is 9.18. The minimum absolute atomic E-state index is 0. The van der Waals surface area contributed by atoms with Gasteiger partial charge in [0, 0.05) is 30.9 Å². The van der Waals surface area contributed by atoms with Crippen LogP contribution in [-0.4, -0.2) is 48.5 Å². The van der Waals surface area contributed by atoms with Crippen molar-refractivity contribution in [3.05, 3.63) is 16.1 Å². The van der Waals surface area contributed by atoms with Gasteiger partial charge in [-0.05, 0) is 45.8 Å². The lowest BCUT2D eigenvalue weighted by Gasteiger charge is -2.30. The molecule has 2 rings (SSSR count). The average molecular weight is 397 g/mol. The van der Waals surface area contributed by atoms with Crippen LogP contribution in [0, 0.1) is 12.8 Å². The molecule has 0 radical (unpaired) electrons. The Morgan fingerprint density at radius 3 is 2.58 bits per heavy atom. The summed E-state index contributed by atoms with van der Waals surface area (Å²) in [5.74, 6) is 0.405. The molecule has 0 bridgehead atoms. The first kappa shape index (κ1) is 23.6. The van der Waals surface area contributed by atoms with Crippen molar-refractivity contribution >= 4 is 42.1 Å². The average Bonchev–Trinajstić information content (AvgIpc) is 2.93. The summed E-state index contributed by atoms with van der Waals surface area (Å²) < 4.78 is 0. The van der Waals surface area contributed by atoms with Gasteiger partial charge >= 0.3 is 0 Å². The van der Waals surface area contributed by atoms with Crippen LogP contribution >= 0.6 is 36.2 Å². The Balaban J connectivity index is 0.00000264. The standard InChI is InChI=1S/C16H28N4OS.2ClH/c1-3-6-17-7-8-18-16(21)14-4-9-20(10-5-14)11-15-12-22-13(2)19-15;;/h12,14,17H,3-11H2,1-2H3,(H,18,21);2*1H. The minimum Gasteiger partial charge on any atom is -0.355 e. The predicted molar refractivity (Wildman–Crippen MR) is 106 cm³/mol. The number of piperidine rings is 1. The summed E-state index contributed by atoms with van der Waals surface area (Å²) in [6.45, 7) is 9.70. The van der Waals surface area contributed by atoms with E-state index in [1.807, 2.05) is 6.92 Å². The highest BCUT2D eigenvalue weighted by atomic mass is 35.5. The largest absolute Gasteiger partial charge is 0.355 e. The molecule has 0 unspecified atom stereocenters. The molecule has 0 saturated carbocycles. The van der Waals surface area contributed by atoms with Gasteiger partial charge in [-0.25, -0.2) is 4.98 Å². The Morgan fingerprint density at radius 1 is 1.29 bits per heavy atom. The molecular formula is C16H30Cl2N4OS. The normalized spacial score (nSPS) is 15.4. The second kappa shape index (κ2) is 12.9. The van der Waals surface area contributed by atoms with Crippen LogP contribution in [0.15, 0.2) is 5.38 Å². The summed E-state index contributed by atoms with van der Waals surface area (Å²) in [6.07, 6.45) is 3.04. The first-order valence-electron chi connectivity index (χ1n) is 8.31. The maximum atomic E-state index is 12.1. The molecule has 1 aliphatic heterocycles. The zero-order valence-corrected chi connectivity index (χ0v) is 17.0. The van der Waals surface area contributed by atoms with Crippen molar-refractivity contribution in [2.45, 2.75) is 39.7 Å².